The Morgan fingerprint density at radius 2 is 2.25 bits per heavy atom. The van der Waals surface area contributed by atoms with Crippen molar-refractivity contribution in [3.05, 3.63) is 24.4 Å². The van der Waals surface area contributed by atoms with Gasteiger partial charge < -0.3 is 0 Å². The maximum absolute atomic E-state index is 8.65. The molecule has 0 fully saturated rings. The molecule has 0 aromatic heterocycles. The molecule has 0 saturated heterocycles. The van der Waals surface area contributed by atoms with Gasteiger partial charge in [-0.05, 0) is 12.5 Å². The molecule has 0 amide bonds. The second kappa shape index (κ2) is 3.85. The fourth-order valence-corrected chi connectivity index (χ4v) is 1.51. The minimum absolute atomic E-state index is 0.255. The second-order valence-corrected chi connectivity index (χ2v) is 3.29. The molecule has 1 aliphatic heterocycles. The van der Waals surface area contributed by atoms with Crippen molar-refractivity contribution < 1.29 is 14.6 Å². The standard InChI is InChI=1S/C9H15NO2/c1-3-7-10(2)8-5-4-6-9(10)12-11/h4-6,8-9H,3,7H2,1-2H3/p+1. The number of nitrogens with zero attached hydrogens (tertiary/aromatic N) is 1. The summed E-state index contributed by atoms with van der Waals surface area (Å²) in [6.07, 6.45) is 8.56. The first-order valence-corrected chi connectivity index (χ1v) is 4.24. The van der Waals surface area contributed by atoms with Gasteiger partial charge >= 0.3 is 0 Å². The Bertz CT molecular complexity index is 201. The molecule has 2 unspecified atom stereocenters. The number of rotatable bonds is 3. The van der Waals surface area contributed by atoms with Gasteiger partial charge in [0.2, 0.25) is 6.23 Å². The Labute approximate surface area is 73.1 Å². The van der Waals surface area contributed by atoms with Gasteiger partial charge in [-0.25, -0.2) is 5.26 Å². The van der Waals surface area contributed by atoms with E-state index in [-0.39, 0.29) is 6.23 Å². The predicted molar refractivity (Wildman–Crippen MR) is 47.1 cm³/mol. The topological polar surface area (TPSA) is 29.5 Å². The highest BCUT2D eigenvalue weighted by Crippen LogP contribution is 2.18. The third kappa shape index (κ3) is 1.75. The van der Waals surface area contributed by atoms with Crippen LogP contribution in [0.2, 0.25) is 0 Å². The number of likely N-dealkylation sites (N-methyl/N-ethyl adjacent to an activating group) is 1. The van der Waals surface area contributed by atoms with E-state index >= 15 is 0 Å². The third-order valence-corrected chi connectivity index (χ3v) is 2.21. The van der Waals surface area contributed by atoms with Crippen molar-refractivity contribution in [1.29, 1.82) is 0 Å². The molecule has 0 spiro atoms. The molecule has 0 bridgehead atoms. The van der Waals surface area contributed by atoms with Crippen molar-refractivity contribution in [3.8, 4) is 0 Å². The van der Waals surface area contributed by atoms with Crippen LogP contribution in [-0.2, 0) is 4.89 Å². The van der Waals surface area contributed by atoms with Crippen LogP contribution in [-0.4, -0.2) is 29.6 Å². The van der Waals surface area contributed by atoms with E-state index in [1.54, 1.807) is 0 Å². The molecule has 0 radical (unpaired) electrons. The minimum atomic E-state index is -0.255. The van der Waals surface area contributed by atoms with Gasteiger partial charge in [-0.3, -0.25) is 4.48 Å². The van der Waals surface area contributed by atoms with Crippen molar-refractivity contribution in [1.82, 2.24) is 0 Å². The minimum Gasteiger partial charge on any atom is -0.269 e. The van der Waals surface area contributed by atoms with Crippen molar-refractivity contribution in [3.63, 3.8) is 0 Å². The van der Waals surface area contributed by atoms with Gasteiger partial charge in [-0.2, -0.15) is 4.89 Å². The quantitative estimate of drug-likeness (QED) is 0.397. The lowest BCUT2D eigenvalue weighted by Gasteiger charge is -2.35. The Balaban J connectivity index is 2.72. The van der Waals surface area contributed by atoms with Crippen LogP contribution < -0.4 is 0 Å². The molecule has 3 nitrogen and oxygen atoms in total. The maximum Gasteiger partial charge on any atom is 0.247 e. The molecule has 1 N–H and O–H groups in total. The Morgan fingerprint density at radius 1 is 1.50 bits per heavy atom. The molecule has 3 heteroatoms. The van der Waals surface area contributed by atoms with Crippen molar-refractivity contribution >= 4 is 0 Å². The normalized spacial score (nSPS) is 34.1. The zero-order valence-corrected chi connectivity index (χ0v) is 7.60. The number of allylic oxidation sites excluding steroid dienone is 2. The molecule has 0 aromatic rings. The van der Waals surface area contributed by atoms with Crippen LogP contribution in [0.4, 0.5) is 0 Å². The summed E-state index contributed by atoms with van der Waals surface area (Å²) in [4.78, 5) is 4.39. The van der Waals surface area contributed by atoms with E-state index in [9.17, 15) is 0 Å². The van der Waals surface area contributed by atoms with Gasteiger partial charge in [-0.1, -0.05) is 13.0 Å². The highest BCUT2D eigenvalue weighted by molar-refractivity contribution is 5.05. The lowest BCUT2D eigenvalue weighted by atomic mass is 10.2. The molecular formula is C9H16NO2+. The first-order chi connectivity index (χ1) is 5.73. The van der Waals surface area contributed by atoms with E-state index in [1.165, 1.54) is 0 Å². The van der Waals surface area contributed by atoms with Gasteiger partial charge in [-0.15, -0.1) is 0 Å². The summed E-state index contributed by atoms with van der Waals surface area (Å²) in [6.45, 7) is 3.08. The summed E-state index contributed by atoms with van der Waals surface area (Å²) >= 11 is 0. The summed E-state index contributed by atoms with van der Waals surface area (Å²) in [7, 11) is 2.03. The summed E-state index contributed by atoms with van der Waals surface area (Å²) in [6, 6.07) is 0. The fraction of sp³-hybridized carbons (Fsp3) is 0.556. The second-order valence-electron chi connectivity index (χ2n) is 3.29. The van der Waals surface area contributed by atoms with Crippen LogP contribution in [0.15, 0.2) is 24.4 Å². The van der Waals surface area contributed by atoms with Gasteiger partial charge in [0.05, 0.1) is 19.8 Å². The molecule has 68 valence electrons. The Hall–Kier alpha value is -0.640. The van der Waals surface area contributed by atoms with E-state index in [0.29, 0.717) is 4.48 Å². The molecule has 1 aliphatic rings. The summed E-state index contributed by atoms with van der Waals surface area (Å²) < 4.78 is 0.615. The Kier molecular flexibility index (Phi) is 3.03. The van der Waals surface area contributed by atoms with Gasteiger partial charge in [0.1, 0.15) is 0 Å². The zero-order valence-electron chi connectivity index (χ0n) is 7.60. The predicted octanol–water partition coefficient (Wildman–Crippen LogP) is 1.74. The molecule has 1 heterocycles. The van der Waals surface area contributed by atoms with Crippen LogP contribution in [0.5, 0.6) is 0 Å². The van der Waals surface area contributed by atoms with Crippen LogP contribution in [0.3, 0.4) is 0 Å². The number of hydrogen-bond donors (Lipinski definition) is 1. The highest BCUT2D eigenvalue weighted by atomic mass is 17.1. The summed E-state index contributed by atoms with van der Waals surface area (Å²) in [5.41, 5.74) is 0. The van der Waals surface area contributed by atoms with Crippen LogP contribution in [0, 0.1) is 0 Å². The molecule has 0 saturated carbocycles. The lowest BCUT2D eigenvalue weighted by Crippen LogP contribution is -2.49. The molecule has 0 aliphatic carbocycles. The monoisotopic (exact) mass is 170 g/mol. The SMILES string of the molecule is CCC[N+]1(C)C=CC=CC1OO. The molecule has 0 aromatic carbocycles. The maximum atomic E-state index is 8.65. The van der Waals surface area contributed by atoms with Gasteiger partial charge in [0.25, 0.3) is 0 Å². The third-order valence-electron chi connectivity index (χ3n) is 2.21. The molecular weight excluding hydrogens is 154 g/mol. The van der Waals surface area contributed by atoms with E-state index < -0.39 is 0 Å². The van der Waals surface area contributed by atoms with Crippen molar-refractivity contribution in [2.75, 3.05) is 13.6 Å². The van der Waals surface area contributed by atoms with E-state index in [0.717, 1.165) is 13.0 Å². The Morgan fingerprint density at radius 3 is 2.83 bits per heavy atom. The first-order valence-electron chi connectivity index (χ1n) is 4.24. The molecule has 12 heavy (non-hydrogen) atoms. The average molecular weight is 170 g/mol. The van der Waals surface area contributed by atoms with Crippen LogP contribution in [0.1, 0.15) is 13.3 Å². The van der Waals surface area contributed by atoms with Crippen LogP contribution in [0.25, 0.3) is 0 Å². The fourth-order valence-electron chi connectivity index (χ4n) is 1.51. The van der Waals surface area contributed by atoms with E-state index in [2.05, 4.69) is 11.8 Å². The first kappa shape index (κ1) is 9.45. The van der Waals surface area contributed by atoms with Gasteiger partial charge in [0.15, 0.2) is 0 Å². The zero-order chi connectivity index (χ0) is 9.03. The smallest absolute Gasteiger partial charge is 0.247 e. The van der Waals surface area contributed by atoms with Crippen molar-refractivity contribution in [2.24, 2.45) is 0 Å². The number of quaternary nitrogens is 1. The van der Waals surface area contributed by atoms with E-state index in [4.69, 9.17) is 5.26 Å². The summed E-state index contributed by atoms with van der Waals surface area (Å²) in [5, 5.41) is 8.65. The molecule has 2 atom stereocenters. The van der Waals surface area contributed by atoms with Crippen LogP contribution >= 0.6 is 0 Å². The van der Waals surface area contributed by atoms with Gasteiger partial charge in [0, 0.05) is 6.08 Å². The van der Waals surface area contributed by atoms with Crippen molar-refractivity contribution in [2.45, 2.75) is 19.6 Å². The average Bonchev–Trinajstić information content (AvgIpc) is 2.05. The highest BCUT2D eigenvalue weighted by Gasteiger charge is 2.30. The lowest BCUT2D eigenvalue weighted by molar-refractivity contribution is -0.913. The molecule has 1 rings (SSSR count). The number of hydrogen-bond acceptors (Lipinski definition) is 2. The largest absolute Gasteiger partial charge is 0.269 e. The summed E-state index contributed by atoms with van der Waals surface area (Å²) in [5.74, 6) is 0. The van der Waals surface area contributed by atoms with E-state index in [1.807, 2.05) is 31.5 Å².